The van der Waals surface area contributed by atoms with Crippen LogP contribution in [0.3, 0.4) is 0 Å². The van der Waals surface area contributed by atoms with Crippen molar-refractivity contribution in [2.24, 2.45) is 0 Å². The van der Waals surface area contributed by atoms with Crippen LogP contribution in [0, 0.1) is 6.92 Å². The normalized spacial score (nSPS) is 10.9. The lowest BCUT2D eigenvalue weighted by Gasteiger charge is -2.11. The lowest BCUT2D eigenvalue weighted by molar-refractivity contribution is 0.0977. The number of nitrogens with zero attached hydrogens (tertiary/aromatic N) is 1. The van der Waals surface area contributed by atoms with Crippen LogP contribution in [-0.4, -0.2) is 31.7 Å². The van der Waals surface area contributed by atoms with Crippen molar-refractivity contribution < 1.29 is 22.5 Å². The zero-order valence-corrected chi connectivity index (χ0v) is 19.5. The van der Waals surface area contributed by atoms with Gasteiger partial charge in [0.2, 0.25) is 0 Å². The Balaban J connectivity index is 1.62. The lowest BCUT2D eigenvalue weighted by atomic mass is 10.2. The van der Waals surface area contributed by atoms with Gasteiger partial charge in [-0.2, -0.15) is 0 Å². The van der Waals surface area contributed by atoms with Gasteiger partial charge in [-0.15, -0.1) is 0 Å². The van der Waals surface area contributed by atoms with E-state index in [1.54, 1.807) is 25.1 Å². The van der Waals surface area contributed by atoms with E-state index in [0.29, 0.717) is 27.2 Å². The largest absolute Gasteiger partial charge is 0.496 e. The number of nitrogens with one attached hydrogen (secondary N) is 3. The second-order valence-corrected chi connectivity index (χ2v) is 9.16. The van der Waals surface area contributed by atoms with E-state index in [2.05, 4.69) is 36.4 Å². The van der Waals surface area contributed by atoms with Gasteiger partial charge < -0.3 is 14.6 Å². The molecule has 162 valence electrons. The van der Waals surface area contributed by atoms with Gasteiger partial charge in [-0.25, -0.2) is 8.42 Å². The maximum Gasteiger partial charge on any atom is 0.263 e. The van der Waals surface area contributed by atoms with Crippen LogP contribution in [0.25, 0.3) is 0 Å². The smallest absolute Gasteiger partial charge is 0.263 e. The molecular weight excluding hydrogens is 508 g/mol. The summed E-state index contributed by atoms with van der Waals surface area (Å²) in [6.07, 6.45) is 0. The van der Waals surface area contributed by atoms with Gasteiger partial charge in [-0.05, 0) is 77.5 Å². The highest BCUT2D eigenvalue weighted by atomic mass is 79.9. The number of benzene rings is 2. The van der Waals surface area contributed by atoms with Gasteiger partial charge in [0, 0.05) is 17.3 Å². The maximum atomic E-state index is 12.4. The molecule has 0 saturated carbocycles. The van der Waals surface area contributed by atoms with Gasteiger partial charge in [0.05, 0.1) is 16.5 Å². The van der Waals surface area contributed by atoms with Gasteiger partial charge in [-0.1, -0.05) is 5.16 Å². The molecule has 3 N–H and O–H groups in total. The van der Waals surface area contributed by atoms with E-state index in [1.807, 2.05) is 0 Å². The third kappa shape index (κ3) is 5.81. The number of thiocarbonyl (C=S) groups is 1. The Morgan fingerprint density at radius 1 is 1.16 bits per heavy atom. The zero-order valence-electron chi connectivity index (χ0n) is 16.3. The van der Waals surface area contributed by atoms with Crippen molar-refractivity contribution in [1.82, 2.24) is 10.5 Å². The molecule has 31 heavy (non-hydrogen) atoms. The fourth-order valence-corrected chi connectivity index (χ4v) is 4.21. The van der Waals surface area contributed by atoms with Crippen LogP contribution in [0.2, 0.25) is 0 Å². The van der Waals surface area contributed by atoms with E-state index in [9.17, 15) is 13.2 Å². The van der Waals surface area contributed by atoms with Crippen LogP contribution in [0.1, 0.15) is 16.1 Å². The molecule has 0 fully saturated rings. The number of carbonyl (C=O) groups is 1. The van der Waals surface area contributed by atoms with Crippen molar-refractivity contribution in [3.8, 4) is 5.75 Å². The zero-order chi connectivity index (χ0) is 22.6. The first-order chi connectivity index (χ1) is 14.7. The van der Waals surface area contributed by atoms with E-state index in [4.69, 9.17) is 21.5 Å². The first-order valence-electron chi connectivity index (χ1n) is 8.70. The summed E-state index contributed by atoms with van der Waals surface area (Å²) < 4.78 is 37.8. The van der Waals surface area contributed by atoms with Gasteiger partial charge in [0.25, 0.3) is 15.9 Å². The second kappa shape index (κ2) is 9.45. The van der Waals surface area contributed by atoms with Crippen molar-refractivity contribution in [3.05, 3.63) is 64.3 Å². The molecule has 0 saturated heterocycles. The third-order valence-corrected chi connectivity index (χ3v) is 6.12. The summed E-state index contributed by atoms with van der Waals surface area (Å²) in [6.45, 7) is 1.65. The molecule has 0 aliphatic carbocycles. The SMILES string of the molecule is COc1ccc(C(=O)NC(=S)Nc2ccc(S(=O)(=O)Nc3cc(C)on3)cc2)cc1Br. The summed E-state index contributed by atoms with van der Waals surface area (Å²) in [6, 6.07) is 12.2. The molecule has 0 unspecified atom stereocenters. The van der Waals surface area contributed by atoms with Crippen LogP contribution in [0.15, 0.2) is 62.4 Å². The topological polar surface area (TPSA) is 123 Å². The van der Waals surface area contributed by atoms with Gasteiger partial charge in [0.1, 0.15) is 11.5 Å². The molecule has 3 rings (SSSR count). The number of hydrogen-bond donors (Lipinski definition) is 3. The molecule has 0 aliphatic rings. The fraction of sp³-hybridized carbons (Fsp3) is 0.105. The summed E-state index contributed by atoms with van der Waals surface area (Å²) in [5.74, 6) is 0.760. The van der Waals surface area contributed by atoms with Crippen molar-refractivity contribution in [2.45, 2.75) is 11.8 Å². The Morgan fingerprint density at radius 2 is 1.87 bits per heavy atom. The number of aromatic nitrogens is 1. The van der Waals surface area contributed by atoms with E-state index in [1.165, 1.54) is 37.4 Å². The predicted octanol–water partition coefficient (Wildman–Crippen LogP) is 3.68. The summed E-state index contributed by atoms with van der Waals surface area (Å²) in [4.78, 5) is 12.4. The summed E-state index contributed by atoms with van der Waals surface area (Å²) >= 11 is 8.48. The monoisotopic (exact) mass is 524 g/mol. The molecule has 1 amide bonds. The molecule has 0 bridgehead atoms. The quantitative estimate of drug-likeness (QED) is 0.417. The molecule has 12 heteroatoms. The molecule has 0 aliphatic heterocycles. The van der Waals surface area contributed by atoms with E-state index in [-0.39, 0.29) is 15.8 Å². The lowest BCUT2D eigenvalue weighted by Crippen LogP contribution is -2.34. The number of sulfonamides is 1. The van der Waals surface area contributed by atoms with E-state index >= 15 is 0 Å². The number of carbonyl (C=O) groups excluding carboxylic acids is 1. The Labute approximate surface area is 192 Å². The number of ether oxygens (including phenoxy) is 1. The van der Waals surface area contributed by atoms with Crippen molar-refractivity contribution >= 4 is 60.7 Å². The number of rotatable bonds is 6. The van der Waals surface area contributed by atoms with Crippen LogP contribution >= 0.6 is 28.1 Å². The summed E-state index contributed by atoms with van der Waals surface area (Å²) in [5, 5.41) is 9.06. The molecule has 1 heterocycles. The molecule has 0 spiro atoms. The number of anilines is 2. The first kappa shape index (κ1) is 22.7. The third-order valence-electron chi connectivity index (χ3n) is 3.93. The summed E-state index contributed by atoms with van der Waals surface area (Å²) in [5.41, 5.74) is 0.880. The Bertz CT molecular complexity index is 1230. The molecular formula is C19H17BrN4O5S2. The standard InChI is InChI=1S/C19H17BrN4O5S2/c1-11-9-17(23-29-11)24-31(26,27)14-6-4-13(5-7-14)21-19(30)22-18(25)12-3-8-16(28-2)15(20)10-12/h3-10H,1-2H3,(H,23,24)(H2,21,22,25,30). The van der Waals surface area contributed by atoms with Crippen LogP contribution in [0.5, 0.6) is 5.75 Å². The number of amides is 1. The molecule has 0 radical (unpaired) electrons. The Morgan fingerprint density at radius 3 is 2.45 bits per heavy atom. The first-order valence-corrected chi connectivity index (χ1v) is 11.4. The number of hydrogen-bond acceptors (Lipinski definition) is 7. The van der Waals surface area contributed by atoms with Gasteiger partial charge in [0.15, 0.2) is 10.9 Å². The molecule has 0 atom stereocenters. The molecule has 3 aromatic rings. The van der Waals surface area contributed by atoms with E-state index in [0.717, 1.165) is 0 Å². The Kier molecular flexibility index (Phi) is 6.93. The number of methoxy groups -OCH3 is 1. The summed E-state index contributed by atoms with van der Waals surface area (Å²) in [7, 11) is -2.30. The molecule has 1 aromatic heterocycles. The highest BCUT2D eigenvalue weighted by Gasteiger charge is 2.16. The average Bonchev–Trinajstić information content (AvgIpc) is 3.12. The van der Waals surface area contributed by atoms with Gasteiger partial charge >= 0.3 is 0 Å². The number of aryl methyl sites for hydroxylation is 1. The average molecular weight is 525 g/mol. The van der Waals surface area contributed by atoms with Crippen LogP contribution in [0.4, 0.5) is 11.5 Å². The van der Waals surface area contributed by atoms with Crippen molar-refractivity contribution in [2.75, 3.05) is 17.1 Å². The van der Waals surface area contributed by atoms with E-state index < -0.39 is 15.9 Å². The molecule has 9 nitrogen and oxygen atoms in total. The maximum absolute atomic E-state index is 12.4. The Hall–Kier alpha value is -2.96. The predicted molar refractivity (Wildman–Crippen MR) is 123 cm³/mol. The van der Waals surface area contributed by atoms with Crippen LogP contribution in [-0.2, 0) is 10.0 Å². The van der Waals surface area contributed by atoms with Gasteiger partial charge in [-0.3, -0.25) is 14.8 Å². The minimum absolute atomic E-state index is 0.0248. The molecule has 2 aromatic carbocycles. The fourth-order valence-electron chi connectivity index (χ4n) is 2.47. The number of halogens is 1. The second-order valence-electron chi connectivity index (χ2n) is 6.21. The highest BCUT2D eigenvalue weighted by molar-refractivity contribution is 9.10. The minimum Gasteiger partial charge on any atom is -0.496 e. The van der Waals surface area contributed by atoms with Crippen molar-refractivity contribution in [3.63, 3.8) is 0 Å². The highest BCUT2D eigenvalue weighted by Crippen LogP contribution is 2.25. The van der Waals surface area contributed by atoms with Crippen molar-refractivity contribution in [1.29, 1.82) is 0 Å². The minimum atomic E-state index is -3.83. The van der Waals surface area contributed by atoms with Crippen LogP contribution < -0.4 is 20.1 Å².